The maximum absolute atomic E-state index is 5.41. The van der Waals surface area contributed by atoms with Crippen LogP contribution in [0.25, 0.3) is 0 Å². The Morgan fingerprint density at radius 1 is 1.30 bits per heavy atom. The number of rotatable bonds is 3. The number of nitrogens with one attached hydrogen (secondary N) is 2. The van der Waals surface area contributed by atoms with E-state index >= 15 is 0 Å². The van der Waals surface area contributed by atoms with Gasteiger partial charge in [0.2, 0.25) is 0 Å². The summed E-state index contributed by atoms with van der Waals surface area (Å²) < 4.78 is 5.41. The number of hydrogen-bond donors (Lipinski definition) is 2. The van der Waals surface area contributed by atoms with Crippen LogP contribution in [0.15, 0.2) is 29.3 Å². The minimum Gasteiger partial charge on any atom is -0.378 e. The fraction of sp³-hybridized carbons (Fsp3) is 0.500. The lowest BCUT2D eigenvalue weighted by molar-refractivity contribution is 0.122. The molecule has 2 N–H and O–H groups in total. The fourth-order valence-electron chi connectivity index (χ4n) is 2.23. The zero-order valence-electron chi connectivity index (χ0n) is 12.1. The summed E-state index contributed by atoms with van der Waals surface area (Å²) in [6.45, 7) is 4.29. The molecule has 0 saturated carbocycles. The third kappa shape index (κ3) is 4.52. The van der Waals surface area contributed by atoms with E-state index in [0.29, 0.717) is 0 Å². The predicted molar refractivity (Wildman–Crippen MR) is 94.1 cm³/mol. The van der Waals surface area contributed by atoms with Crippen LogP contribution in [0.4, 0.5) is 5.69 Å². The van der Waals surface area contributed by atoms with Gasteiger partial charge in [-0.3, -0.25) is 4.99 Å². The normalized spacial score (nSPS) is 15.5. The Kier molecular flexibility index (Phi) is 7.68. The quantitative estimate of drug-likeness (QED) is 0.466. The summed E-state index contributed by atoms with van der Waals surface area (Å²) in [5.41, 5.74) is 2.56. The van der Waals surface area contributed by atoms with Gasteiger partial charge in [-0.2, -0.15) is 0 Å². The van der Waals surface area contributed by atoms with Crippen LogP contribution in [0.1, 0.15) is 5.56 Å². The lowest BCUT2D eigenvalue weighted by Crippen LogP contribution is -2.38. The highest BCUT2D eigenvalue weighted by atomic mass is 127. The van der Waals surface area contributed by atoms with Crippen molar-refractivity contribution in [3.63, 3.8) is 0 Å². The van der Waals surface area contributed by atoms with Gasteiger partial charge in [-0.05, 0) is 11.6 Å². The van der Waals surface area contributed by atoms with E-state index in [1.165, 1.54) is 11.3 Å². The molecule has 1 aliphatic heterocycles. The molecule has 6 heteroatoms. The fourth-order valence-corrected chi connectivity index (χ4v) is 2.23. The largest absolute Gasteiger partial charge is 0.378 e. The Morgan fingerprint density at radius 2 is 2.00 bits per heavy atom. The van der Waals surface area contributed by atoms with E-state index in [-0.39, 0.29) is 24.0 Å². The van der Waals surface area contributed by atoms with Crippen molar-refractivity contribution in [3.05, 3.63) is 29.8 Å². The SMILES string of the molecule is CN=C(NC)NCc1ccccc1N1CCOCC1.I. The predicted octanol–water partition coefficient (Wildman–Crippen LogP) is 1.44. The van der Waals surface area contributed by atoms with E-state index in [2.05, 4.69) is 44.8 Å². The molecule has 1 aromatic rings. The number of anilines is 1. The molecular formula is C14H23IN4O. The number of para-hydroxylation sites is 1. The molecule has 112 valence electrons. The number of aliphatic imine (C=N–C) groups is 1. The monoisotopic (exact) mass is 390 g/mol. The molecule has 1 saturated heterocycles. The van der Waals surface area contributed by atoms with Gasteiger partial charge in [0, 0.05) is 39.4 Å². The number of morpholine rings is 1. The topological polar surface area (TPSA) is 48.9 Å². The van der Waals surface area contributed by atoms with Crippen LogP contribution in [-0.2, 0) is 11.3 Å². The van der Waals surface area contributed by atoms with Crippen LogP contribution in [0, 0.1) is 0 Å². The molecular weight excluding hydrogens is 367 g/mol. The number of hydrogen-bond acceptors (Lipinski definition) is 3. The van der Waals surface area contributed by atoms with Gasteiger partial charge in [0.1, 0.15) is 0 Å². The minimum atomic E-state index is 0. The molecule has 0 spiro atoms. The van der Waals surface area contributed by atoms with Gasteiger partial charge in [-0.25, -0.2) is 0 Å². The van der Waals surface area contributed by atoms with E-state index in [1.807, 2.05) is 7.05 Å². The average Bonchev–Trinajstić information content (AvgIpc) is 2.49. The van der Waals surface area contributed by atoms with Crippen molar-refractivity contribution in [1.82, 2.24) is 10.6 Å². The number of halogens is 1. The van der Waals surface area contributed by atoms with Crippen LogP contribution in [0.5, 0.6) is 0 Å². The highest BCUT2D eigenvalue weighted by molar-refractivity contribution is 14.0. The van der Waals surface area contributed by atoms with Crippen molar-refractivity contribution in [1.29, 1.82) is 0 Å². The molecule has 0 amide bonds. The van der Waals surface area contributed by atoms with Crippen molar-refractivity contribution < 1.29 is 4.74 Å². The molecule has 0 unspecified atom stereocenters. The third-order valence-electron chi connectivity index (χ3n) is 3.25. The van der Waals surface area contributed by atoms with Gasteiger partial charge in [0.25, 0.3) is 0 Å². The first-order valence-electron chi connectivity index (χ1n) is 6.64. The van der Waals surface area contributed by atoms with Crippen molar-refractivity contribution in [2.45, 2.75) is 6.54 Å². The number of guanidine groups is 1. The van der Waals surface area contributed by atoms with E-state index in [9.17, 15) is 0 Å². The molecule has 1 aliphatic rings. The lowest BCUT2D eigenvalue weighted by Gasteiger charge is -2.30. The Morgan fingerprint density at radius 3 is 2.65 bits per heavy atom. The van der Waals surface area contributed by atoms with Crippen LogP contribution in [0.3, 0.4) is 0 Å². The second kappa shape index (κ2) is 9.02. The Bertz CT molecular complexity index is 433. The minimum absolute atomic E-state index is 0. The van der Waals surface area contributed by atoms with Crippen molar-refractivity contribution >= 4 is 35.6 Å². The summed E-state index contributed by atoms with van der Waals surface area (Å²) in [7, 11) is 3.63. The number of benzene rings is 1. The maximum Gasteiger partial charge on any atom is 0.190 e. The maximum atomic E-state index is 5.41. The van der Waals surface area contributed by atoms with Crippen molar-refractivity contribution in [2.75, 3.05) is 45.3 Å². The van der Waals surface area contributed by atoms with E-state index in [4.69, 9.17) is 4.74 Å². The smallest absolute Gasteiger partial charge is 0.190 e. The molecule has 20 heavy (non-hydrogen) atoms. The van der Waals surface area contributed by atoms with Gasteiger partial charge >= 0.3 is 0 Å². The van der Waals surface area contributed by atoms with Crippen molar-refractivity contribution in [3.8, 4) is 0 Å². The first kappa shape index (κ1) is 17.0. The Balaban J connectivity index is 0.00000200. The number of ether oxygens (including phenoxy) is 1. The van der Waals surface area contributed by atoms with Crippen LogP contribution in [-0.4, -0.2) is 46.4 Å². The molecule has 1 fully saturated rings. The Hall–Kier alpha value is -1.02. The summed E-state index contributed by atoms with van der Waals surface area (Å²) in [6.07, 6.45) is 0. The third-order valence-corrected chi connectivity index (χ3v) is 3.25. The summed E-state index contributed by atoms with van der Waals surface area (Å²) in [5.74, 6) is 0.803. The lowest BCUT2D eigenvalue weighted by atomic mass is 10.1. The highest BCUT2D eigenvalue weighted by Gasteiger charge is 2.14. The van der Waals surface area contributed by atoms with Gasteiger partial charge in [-0.15, -0.1) is 24.0 Å². The van der Waals surface area contributed by atoms with E-state index < -0.39 is 0 Å². The van der Waals surface area contributed by atoms with Gasteiger partial charge in [0.05, 0.1) is 13.2 Å². The van der Waals surface area contributed by atoms with Gasteiger partial charge < -0.3 is 20.3 Å². The van der Waals surface area contributed by atoms with E-state index in [1.54, 1.807) is 7.05 Å². The van der Waals surface area contributed by atoms with Crippen LogP contribution >= 0.6 is 24.0 Å². The summed E-state index contributed by atoms with van der Waals surface area (Å²) in [6, 6.07) is 8.48. The van der Waals surface area contributed by atoms with Crippen molar-refractivity contribution in [2.24, 2.45) is 4.99 Å². The molecule has 0 bridgehead atoms. The summed E-state index contributed by atoms with van der Waals surface area (Å²) in [5, 5.41) is 6.32. The van der Waals surface area contributed by atoms with Gasteiger partial charge in [0.15, 0.2) is 5.96 Å². The first-order chi connectivity index (χ1) is 9.35. The summed E-state index contributed by atoms with van der Waals surface area (Å²) >= 11 is 0. The van der Waals surface area contributed by atoms with E-state index in [0.717, 1.165) is 38.8 Å². The zero-order valence-corrected chi connectivity index (χ0v) is 14.4. The molecule has 0 atom stereocenters. The first-order valence-corrected chi connectivity index (χ1v) is 6.64. The average molecular weight is 390 g/mol. The second-order valence-corrected chi connectivity index (χ2v) is 4.40. The molecule has 1 heterocycles. The highest BCUT2D eigenvalue weighted by Crippen LogP contribution is 2.21. The molecule has 1 aromatic carbocycles. The second-order valence-electron chi connectivity index (χ2n) is 4.40. The zero-order chi connectivity index (χ0) is 13.5. The standard InChI is InChI=1S/C14H22N4O.HI/c1-15-14(16-2)17-11-12-5-3-4-6-13(12)18-7-9-19-10-8-18;/h3-6H,7-11H2,1-2H3,(H2,15,16,17);1H. The van der Waals surface area contributed by atoms with Gasteiger partial charge in [-0.1, -0.05) is 18.2 Å². The molecule has 5 nitrogen and oxygen atoms in total. The Labute approximate surface area is 137 Å². The van der Waals surface area contributed by atoms with Crippen LogP contribution in [0.2, 0.25) is 0 Å². The molecule has 0 aliphatic carbocycles. The molecule has 0 aromatic heterocycles. The molecule has 0 radical (unpaired) electrons. The van der Waals surface area contributed by atoms with Crippen LogP contribution < -0.4 is 15.5 Å². The number of nitrogens with zero attached hydrogens (tertiary/aromatic N) is 2. The summed E-state index contributed by atoms with van der Waals surface area (Å²) in [4.78, 5) is 6.50. The molecule has 2 rings (SSSR count).